The van der Waals surface area contributed by atoms with Crippen LogP contribution >= 0.6 is 0 Å². The van der Waals surface area contributed by atoms with Gasteiger partial charge in [-0.1, -0.05) is 64.4 Å². The number of carbonyl (C=O) groups is 3. The molecule has 1 aliphatic carbocycles. The maximum absolute atomic E-state index is 13.9. The fourth-order valence-electron chi connectivity index (χ4n) is 3.84. The van der Waals surface area contributed by atoms with E-state index in [1.165, 1.54) is 0 Å². The monoisotopic (exact) mass is 459 g/mol. The Bertz CT molecular complexity index is 804. The Kier molecular flexibility index (Phi) is 9.32. The van der Waals surface area contributed by atoms with Crippen LogP contribution in [0.1, 0.15) is 79.3 Å². The Balaban J connectivity index is 2.39. The minimum atomic E-state index is -0.803. The van der Waals surface area contributed by atoms with Gasteiger partial charge in [0.2, 0.25) is 11.8 Å². The van der Waals surface area contributed by atoms with E-state index in [0.29, 0.717) is 6.54 Å². The normalized spacial score (nSPS) is 19.4. The standard InChI is InChI=1S/C26H41N3O4/c1-8-9-15-27-23(30)22(19-13-11-10-12-14-19)29(20-16-18(20)4)24(31)21(17(2)3)28-25(32)33-26(5,6)7/h10-14,17-18,20-22H,8-9,15-16H2,1-7H3,(H,27,30)(H,28,32). The maximum Gasteiger partial charge on any atom is 0.408 e. The highest BCUT2D eigenvalue weighted by Crippen LogP contribution is 2.41. The zero-order valence-electron chi connectivity index (χ0n) is 21.2. The van der Waals surface area contributed by atoms with Gasteiger partial charge in [-0.15, -0.1) is 0 Å². The van der Waals surface area contributed by atoms with Gasteiger partial charge in [-0.25, -0.2) is 4.79 Å². The van der Waals surface area contributed by atoms with Gasteiger partial charge in [0, 0.05) is 12.6 Å². The van der Waals surface area contributed by atoms with E-state index < -0.39 is 23.8 Å². The van der Waals surface area contributed by atoms with Crippen molar-refractivity contribution in [3.63, 3.8) is 0 Å². The van der Waals surface area contributed by atoms with Crippen LogP contribution in [0.3, 0.4) is 0 Å². The molecule has 2 N–H and O–H groups in total. The van der Waals surface area contributed by atoms with E-state index in [1.54, 1.807) is 25.7 Å². The molecule has 1 aliphatic rings. The molecule has 0 spiro atoms. The molecule has 7 nitrogen and oxygen atoms in total. The zero-order valence-corrected chi connectivity index (χ0v) is 21.2. The molecule has 33 heavy (non-hydrogen) atoms. The number of ether oxygens (including phenoxy) is 1. The van der Waals surface area contributed by atoms with Gasteiger partial charge in [0.05, 0.1) is 0 Å². The van der Waals surface area contributed by atoms with E-state index in [9.17, 15) is 14.4 Å². The number of hydrogen-bond acceptors (Lipinski definition) is 4. The first-order valence-electron chi connectivity index (χ1n) is 12.1. The van der Waals surface area contributed by atoms with Crippen LogP contribution in [0.5, 0.6) is 0 Å². The van der Waals surface area contributed by atoms with Crippen molar-refractivity contribution < 1.29 is 19.1 Å². The van der Waals surface area contributed by atoms with Gasteiger partial charge in [0.25, 0.3) is 0 Å². The summed E-state index contributed by atoms with van der Waals surface area (Å²) in [4.78, 5) is 41.5. The fraction of sp³-hybridized carbons (Fsp3) is 0.654. The molecule has 0 saturated heterocycles. The summed E-state index contributed by atoms with van der Waals surface area (Å²) in [7, 11) is 0. The number of benzene rings is 1. The van der Waals surface area contributed by atoms with Crippen LogP contribution in [0.4, 0.5) is 4.79 Å². The first-order chi connectivity index (χ1) is 15.5. The largest absolute Gasteiger partial charge is 0.444 e. The number of alkyl carbamates (subject to hydrolysis) is 1. The van der Waals surface area contributed by atoms with Gasteiger partial charge in [-0.2, -0.15) is 0 Å². The Labute approximate surface area is 198 Å². The third kappa shape index (κ3) is 7.76. The highest BCUT2D eigenvalue weighted by atomic mass is 16.6. The molecule has 3 amide bonds. The molecule has 0 aromatic heterocycles. The summed E-state index contributed by atoms with van der Waals surface area (Å²) in [5.41, 5.74) is 0.0872. The summed E-state index contributed by atoms with van der Waals surface area (Å²) >= 11 is 0. The summed E-state index contributed by atoms with van der Waals surface area (Å²) < 4.78 is 5.40. The molecule has 2 rings (SSSR count). The highest BCUT2D eigenvalue weighted by molar-refractivity contribution is 5.92. The zero-order chi connectivity index (χ0) is 24.8. The summed E-state index contributed by atoms with van der Waals surface area (Å²) in [6.07, 6.45) is 2.03. The summed E-state index contributed by atoms with van der Waals surface area (Å²) in [6, 6.07) is 7.78. The molecular weight excluding hydrogens is 418 g/mol. The lowest BCUT2D eigenvalue weighted by atomic mass is 9.98. The van der Waals surface area contributed by atoms with Crippen LogP contribution in [0.25, 0.3) is 0 Å². The summed E-state index contributed by atoms with van der Waals surface area (Å²) in [6.45, 7) is 13.8. The second-order valence-electron chi connectivity index (χ2n) is 10.4. The number of rotatable bonds is 10. The second kappa shape index (κ2) is 11.5. The molecule has 184 valence electrons. The van der Waals surface area contributed by atoms with Gasteiger partial charge in [0.1, 0.15) is 17.7 Å². The highest BCUT2D eigenvalue weighted by Gasteiger charge is 2.48. The molecule has 0 aliphatic heterocycles. The van der Waals surface area contributed by atoms with Gasteiger partial charge in [-0.05, 0) is 51.0 Å². The lowest BCUT2D eigenvalue weighted by molar-refractivity contribution is -0.144. The van der Waals surface area contributed by atoms with E-state index in [0.717, 1.165) is 24.8 Å². The van der Waals surface area contributed by atoms with Gasteiger partial charge >= 0.3 is 6.09 Å². The predicted octanol–water partition coefficient (Wildman–Crippen LogP) is 4.43. The fourth-order valence-corrected chi connectivity index (χ4v) is 3.84. The third-order valence-corrected chi connectivity index (χ3v) is 5.76. The number of amides is 3. The molecule has 0 bridgehead atoms. The van der Waals surface area contributed by atoms with Gasteiger partial charge in [0.15, 0.2) is 0 Å². The Hall–Kier alpha value is -2.57. The molecule has 7 heteroatoms. The number of unbranched alkanes of at least 4 members (excludes halogenated alkanes) is 1. The molecule has 0 radical (unpaired) electrons. The molecule has 0 heterocycles. The quantitative estimate of drug-likeness (QED) is 0.507. The van der Waals surface area contributed by atoms with Crippen LogP contribution in [0, 0.1) is 11.8 Å². The lowest BCUT2D eigenvalue weighted by Crippen LogP contribution is -2.55. The Morgan fingerprint density at radius 1 is 1.15 bits per heavy atom. The van der Waals surface area contributed by atoms with Crippen molar-refractivity contribution in [1.82, 2.24) is 15.5 Å². The minimum Gasteiger partial charge on any atom is -0.444 e. The number of nitrogens with one attached hydrogen (secondary N) is 2. The molecule has 1 fully saturated rings. The lowest BCUT2D eigenvalue weighted by Gasteiger charge is -2.36. The maximum atomic E-state index is 13.9. The van der Waals surface area contributed by atoms with E-state index in [-0.39, 0.29) is 29.7 Å². The summed E-state index contributed by atoms with van der Waals surface area (Å²) in [5.74, 6) is -0.342. The molecule has 4 atom stereocenters. The van der Waals surface area contributed by atoms with Crippen LogP contribution in [-0.4, -0.2) is 47.0 Å². The van der Waals surface area contributed by atoms with E-state index in [4.69, 9.17) is 4.74 Å². The molecule has 1 aromatic carbocycles. The number of hydrogen-bond donors (Lipinski definition) is 2. The van der Waals surface area contributed by atoms with Crippen molar-refractivity contribution in [2.45, 2.75) is 91.5 Å². The van der Waals surface area contributed by atoms with Crippen molar-refractivity contribution in [3.8, 4) is 0 Å². The molecular formula is C26H41N3O4. The smallest absolute Gasteiger partial charge is 0.408 e. The first kappa shape index (κ1) is 26.7. The average molecular weight is 460 g/mol. The van der Waals surface area contributed by atoms with Crippen LogP contribution < -0.4 is 10.6 Å². The van der Waals surface area contributed by atoms with Crippen LogP contribution in [-0.2, 0) is 14.3 Å². The topological polar surface area (TPSA) is 87.7 Å². The van der Waals surface area contributed by atoms with Crippen molar-refractivity contribution in [1.29, 1.82) is 0 Å². The van der Waals surface area contributed by atoms with Crippen molar-refractivity contribution in [2.75, 3.05) is 6.54 Å². The van der Waals surface area contributed by atoms with Crippen LogP contribution in [0.2, 0.25) is 0 Å². The van der Waals surface area contributed by atoms with Crippen LogP contribution in [0.15, 0.2) is 30.3 Å². The third-order valence-electron chi connectivity index (χ3n) is 5.76. The average Bonchev–Trinajstić information content (AvgIpc) is 3.44. The SMILES string of the molecule is CCCCNC(=O)C(c1ccccc1)N(C(=O)C(NC(=O)OC(C)(C)C)C(C)C)C1CC1C. The minimum absolute atomic E-state index is 0.0543. The number of nitrogens with zero attached hydrogens (tertiary/aromatic N) is 1. The van der Waals surface area contributed by atoms with E-state index >= 15 is 0 Å². The van der Waals surface area contributed by atoms with E-state index in [1.807, 2.05) is 44.2 Å². The Morgan fingerprint density at radius 3 is 2.24 bits per heavy atom. The molecule has 1 aromatic rings. The van der Waals surface area contributed by atoms with Crippen molar-refractivity contribution in [2.24, 2.45) is 11.8 Å². The summed E-state index contributed by atoms with van der Waals surface area (Å²) in [5, 5.41) is 5.77. The van der Waals surface area contributed by atoms with Crippen molar-refractivity contribution >= 4 is 17.9 Å². The predicted molar refractivity (Wildman–Crippen MR) is 130 cm³/mol. The van der Waals surface area contributed by atoms with Gasteiger partial charge in [-0.3, -0.25) is 9.59 Å². The Morgan fingerprint density at radius 2 is 1.76 bits per heavy atom. The first-order valence-corrected chi connectivity index (χ1v) is 12.1. The second-order valence-corrected chi connectivity index (χ2v) is 10.4. The van der Waals surface area contributed by atoms with Crippen molar-refractivity contribution in [3.05, 3.63) is 35.9 Å². The van der Waals surface area contributed by atoms with E-state index in [2.05, 4.69) is 24.5 Å². The molecule has 1 saturated carbocycles. The number of carbonyl (C=O) groups excluding carboxylic acids is 3. The molecule has 4 unspecified atom stereocenters. The van der Waals surface area contributed by atoms with Gasteiger partial charge < -0.3 is 20.3 Å².